The Labute approximate surface area is 126 Å². The van der Waals surface area contributed by atoms with Gasteiger partial charge in [-0.1, -0.05) is 37.6 Å². The van der Waals surface area contributed by atoms with Crippen molar-refractivity contribution < 1.29 is 8.42 Å². The molecule has 0 unspecified atom stereocenters. The number of rotatable bonds is 8. The first-order valence-corrected chi connectivity index (χ1v) is 8.48. The maximum atomic E-state index is 11.7. The van der Waals surface area contributed by atoms with Gasteiger partial charge in [0, 0.05) is 23.0 Å². The number of sulfonamides is 1. The second-order valence-corrected chi connectivity index (χ2v) is 6.84. The quantitative estimate of drug-likeness (QED) is 0.725. The second kappa shape index (κ2) is 8.42. The van der Waals surface area contributed by atoms with Gasteiger partial charge in [-0.25, -0.2) is 13.1 Å². The van der Waals surface area contributed by atoms with Crippen LogP contribution in [0.2, 0.25) is 5.02 Å². The number of halogens is 1. The average Bonchev–Trinajstić information content (AvgIpc) is 2.37. The van der Waals surface area contributed by atoms with Gasteiger partial charge in [-0.3, -0.25) is 0 Å². The summed E-state index contributed by atoms with van der Waals surface area (Å²) in [4.78, 5) is 0. The number of hydrogen-bond acceptors (Lipinski definition) is 3. The van der Waals surface area contributed by atoms with Crippen molar-refractivity contribution in [3.8, 4) is 0 Å². The molecule has 0 fully saturated rings. The molecule has 0 spiro atoms. The molecule has 0 aromatic heterocycles. The zero-order chi connectivity index (χ0) is 15.0. The molecule has 112 valence electrons. The van der Waals surface area contributed by atoms with E-state index in [4.69, 9.17) is 11.6 Å². The van der Waals surface area contributed by atoms with Crippen LogP contribution in [0.4, 0.5) is 0 Å². The van der Waals surface area contributed by atoms with E-state index in [9.17, 15) is 8.42 Å². The Morgan fingerprint density at radius 2 is 1.85 bits per heavy atom. The van der Waals surface area contributed by atoms with E-state index in [2.05, 4.69) is 23.9 Å². The molecule has 1 rings (SSSR count). The lowest BCUT2D eigenvalue weighted by atomic mass is 10.2. The van der Waals surface area contributed by atoms with E-state index in [0.29, 0.717) is 17.6 Å². The molecule has 1 aromatic rings. The van der Waals surface area contributed by atoms with Crippen LogP contribution in [0.5, 0.6) is 0 Å². The minimum absolute atomic E-state index is 0.413. The predicted octanol–water partition coefficient (Wildman–Crippen LogP) is 2.62. The number of benzene rings is 1. The second-order valence-electron chi connectivity index (χ2n) is 4.76. The molecule has 0 atom stereocenters. The summed E-state index contributed by atoms with van der Waals surface area (Å²) in [6.45, 7) is 5.33. The summed E-state index contributed by atoms with van der Waals surface area (Å²) in [6, 6.07) is 7.39. The summed E-state index contributed by atoms with van der Waals surface area (Å²) in [6.07, 6.45) is 2.30. The van der Waals surface area contributed by atoms with Crippen molar-refractivity contribution in [2.75, 3.05) is 13.1 Å². The fourth-order valence-corrected chi connectivity index (χ4v) is 2.47. The van der Waals surface area contributed by atoms with Crippen LogP contribution in [-0.4, -0.2) is 27.5 Å². The van der Waals surface area contributed by atoms with Crippen molar-refractivity contribution in [1.29, 1.82) is 0 Å². The van der Waals surface area contributed by atoms with Gasteiger partial charge in [0.1, 0.15) is 0 Å². The molecule has 0 heterocycles. The molecule has 0 bridgehead atoms. The number of nitrogens with one attached hydrogen (secondary N) is 2. The Balaban J connectivity index is 2.39. The van der Waals surface area contributed by atoms with Crippen LogP contribution in [0.15, 0.2) is 29.7 Å². The van der Waals surface area contributed by atoms with Gasteiger partial charge in [-0.15, -0.1) is 0 Å². The first-order valence-electron chi connectivity index (χ1n) is 6.56. The predicted molar refractivity (Wildman–Crippen MR) is 85.2 cm³/mol. The lowest BCUT2D eigenvalue weighted by Gasteiger charge is -2.07. The third kappa shape index (κ3) is 7.65. The van der Waals surface area contributed by atoms with Gasteiger partial charge in [0.2, 0.25) is 10.0 Å². The highest BCUT2D eigenvalue weighted by Crippen LogP contribution is 2.10. The molecule has 0 saturated carbocycles. The molecule has 0 aliphatic carbocycles. The molecular weight excluding hydrogens is 296 g/mol. The maximum Gasteiger partial charge on any atom is 0.233 e. The highest BCUT2D eigenvalue weighted by atomic mass is 35.5. The minimum atomic E-state index is -3.38. The average molecular weight is 317 g/mol. The molecule has 6 heteroatoms. The maximum absolute atomic E-state index is 11.7. The Hall–Kier alpha value is -0.880. The molecule has 0 amide bonds. The van der Waals surface area contributed by atoms with Gasteiger partial charge in [0.25, 0.3) is 0 Å². The van der Waals surface area contributed by atoms with Crippen LogP contribution >= 0.6 is 11.6 Å². The van der Waals surface area contributed by atoms with E-state index < -0.39 is 10.0 Å². The van der Waals surface area contributed by atoms with E-state index in [-0.39, 0.29) is 0 Å². The monoisotopic (exact) mass is 316 g/mol. The van der Waals surface area contributed by atoms with Crippen LogP contribution in [0.25, 0.3) is 6.08 Å². The summed E-state index contributed by atoms with van der Waals surface area (Å²) < 4.78 is 26.0. The number of hydrogen-bond donors (Lipinski definition) is 2. The van der Waals surface area contributed by atoms with Crippen molar-refractivity contribution in [3.05, 3.63) is 40.3 Å². The van der Waals surface area contributed by atoms with Crippen LogP contribution in [0.3, 0.4) is 0 Å². The summed E-state index contributed by atoms with van der Waals surface area (Å²) in [5, 5.41) is 5.03. The van der Waals surface area contributed by atoms with Crippen molar-refractivity contribution >= 4 is 27.7 Å². The first-order chi connectivity index (χ1) is 9.39. The van der Waals surface area contributed by atoms with Crippen molar-refractivity contribution in [3.63, 3.8) is 0 Å². The van der Waals surface area contributed by atoms with Crippen LogP contribution in [0.1, 0.15) is 25.8 Å². The van der Waals surface area contributed by atoms with Crippen molar-refractivity contribution in [1.82, 2.24) is 10.0 Å². The summed E-state index contributed by atoms with van der Waals surface area (Å²) in [7, 11) is -3.38. The smallest absolute Gasteiger partial charge is 0.233 e. The molecule has 0 aliphatic rings. The largest absolute Gasteiger partial charge is 0.314 e. The lowest BCUT2D eigenvalue weighted by Crippen LogP contribution is -2.28. The van der Waals surface area contributed by atoms with Gasteiger partial charge in [0.15, 0.2) is 0 Å². The van der Waals surface area contributed by atoms with Crippen LogP contribution < -0.4 is 10.0 Å². The van der Waals surface area contributed by atoms with E-state index >= 15 is 0 Å². The molecule has 0 saturated heterocycles. The first kappa shape index (κ1) is 17.2. The minimum Gasteiger partial charge on any atom is -0.314 e. The summed E-state index contributed by atoms with van der Waals surface area (Å²) in [5.41, 5.74) is 0.793. The highest BCUT2D eigenvalue weighted by molar-refractivity contribution is 7.92. The molecule has 0 aliphatic heterocycles. The van der Waals surface area contributed by atoms with Crippen LogP contribution in [-0.2, 0) is 10.0 Å². The fourth-order valence-electron chi connectivity index (χ4n) is 1.48. The Morgan fingerprint density at radius 3 is 2.45 bits per heavy atom. The Kier molecular flexibility index (Phi) is 7.23. The zero-order valence-corrected chi connectivity index (χ0v) is 13.3. The van der Waals surface area contributed by atoms with E-state index in [1.807, 2.05) is 0 Å². The van der Waals surface area contributed by atoms with E-state index in [1.54, 1.807) is 30.3 Å². The Bertz CT molecular complexity index is 525. The Morgan fingerprint density at radius 1 is 1.20 bits per heavy atom. The standard InChI is InChI=1S/C14H21ClN2O2S/c1-12(2)16-9-3-10-17-20(18,19)11-8-13-4-6-14(15)7-5-13/h4-8,11-12,16-17H,3,9-10H2,1-2H3/b11-8+. The fraction of sp³-hybridized carbons (Fsp3) is 0.429. The molecular formula is C14H21ClN2O2S. The third-order valence-corrected chi connectivity index (χ3v) is 3.87. The van der Waals surface area contributed by atoms with Crippen molar-refractivity contribution in [2.24, 2.45) is 0 Å². The normalized spacial score (nSPS) is 12.4. The topological polar surface area (TPSA) is 58.2 Å². The lowest BCUT2D eigenvalue weighted by molar-refractivity contribution is 0.558. The van der Waals surface area contributed by atoms with Crippen molar-refractivity contribution in [2.45, 2.75) is 26.3 Å². The van der Waals surface area contributed by atoms with Gasteiger partial charge in [-0.2, -0.15) is 0 Å². The van der Waals surface area contributed by atoms with Gasteiger partial charge in [0.05, 0.1) is 0 Å². The molecule has 0 radical (unpaired) electrons. The third-order valence-electron chi connectivity index (χ3n) is 2.52. The van der Waals surface area contributed by atoms with Gasteiger partial charge < -0.3 is 5.32 Å². The van der Waals surface area contributed by atoms with E-state index in [1.165, 1.54) is 5.41 Å². The molecule has 4 nitrogen and oxygen atoms in total. The zero-order valence-electron chi connectivity index (χ0n) is 11.8. The van der Waals surface area contributed by atoms with Gasteiger partial charge >= 0.3 is 0 Å². The SMILES string of the molecule is CC(C)NCCCNS(=O)(=O)/C=C/c1ccc(Cl)cc1. The van der Waals surface area contributed by atoms with Crippen LogP contribution in [0, 0.1) is 0 Å². The highest BCUT2D eigenvalue weighted by Gasteiger charge is 2.03. The summed E-state index contributed by atoms with van der Waals surface area (Å²) >= 11 is 5.76. The van der Waals surface area contributed by atoms with Gasteiger partial charge in [-0.05, 0) is 36.7 Å². The molecule has 1 aromatic carbocycles. The molecule has 2 N–H and O–H groups in total. The summed E-state index contributed by atoms with van der Waals surface area (Å²) in [5.74, 6) is 0. The molecule has 20 heavy (non-hydrogen) atoms. The van der Waals surface area contributed by atoms with E-state index in [0.717, 1.165) is 18.5 Å².